The number of ether oxygens (including phenoxy) is 1. The highest BCUT2D eigenvalue weighted by Crippen LogP contribution is 2.23. The molecule has 24 heavy (non-hydrogen) atoms. The molecule has 0 saturated carbocycles. The van der Waals surface area contributed by atoms with Gasteiger partial charge in [-0.3, -0.25) is 9.59 Å². The minimum Gasteiger partial charge on any atom is -0.493 e. The second-order valence-corrected chi connectivity index (χ2v) is 5.53. The highest BCUT2D eigenvalue weighted by molar-refractivity contribution is 5.97. The maximum absolute atomic E-state index is 12.8. The summed E-state index contributed by atoms with van der Waals surface area (Å²) in [5, 5.41) is 9.00. The van der Waals surface area contributed by atoms with Crippen molar-refractivity contribution < 1.29 is 9.53 Å². The topological polar surface area (TPSA) is 86.2 Å². The van der Waals surface area contributed by atoms with Crippen molar-refractivity contribution in [2.45, 2.75) is 19.9 Å². The van der Waals surface area contributed by atoms with E-state index in [9.17, 15) is 9.59 Å². The van der Waals surface area contributed by atoms with Crippen LogP contribution in [0.5, 0.6) is 5.75 Å². The molecule has 0 saturated heterocycles. The number of carbonyl (C=O) groups excluding carboxylic acids is 1. The molecule has 6 heteroatoms. The number of aromatic nitrogens is 1. The van der Waals surface area contributed by atoms with Gasteiger partial charge >= 0.3 is 0 Å². The van der Waals surface area contributed by atoms with Crippen LogP contribution in [0.4, 0.5) is 0 Å². The van der Waals surface area contributed by atoms with Crippen molar-refractivity contribution in [3.05, 3.63) is 63.1 Å². The standard InChI is InChI=1S/C18H17N3O3/c1-2-24-16-6-4-3-5-14(16)18(23)21-8-7-15-13(11-21)9-12(10-19)17(22)20-15/h3-6,9H,2,7-8,11H2,1H3,(H,20,22). The predicted octanol–water partition coefficient (Wildman–Crippen LogP) is 1.84. The third kappa shape index (κ3) is 2.88. The molecule has 0 radical (unpaired) electrons. The number of carbonyl (C=O) groups is 1. The normalized spacial score (nSPS) is 13.1. The van der Waals surface area contributed by atoms with Gasteiger partial charge in [0, 0.05) is 25.2 Å². The Balaban J connectivity index is 1.89. The van der Waals surface area contributed by atoms with Crippen LogP contribution in [-0.4, -0.2) is 28.9 Å². The van der Waals surface area contributed by atoms with Crippen molar-refractivity contribution in [3.8, 4) is 11.8 Å². The molecule has 1 aliphatic heterocycles. The molecule has 122 valence electrons. The Morgan fingerprint density at radius 2 is 2.21 bits per heavy atom. The summed E-state index contributed by atoms with van der Waals surface area (Å²) in [5.74, 6) is 0.449. The van der Waals surface area contributed by atoms with Crippen LogP contribution in [-0.2, 0) is 13.0 Å². The number of benzene rings is 1. The summed E-state index contributed by atoms with van der Waals surface area (Å²) in [7, 11) is 0. The fourth-order valence-electron chi connectivity index (χ4n) is 2.86. The van der Waals surface area contributed by atoms with Gasteiger partial charge in [-0.15, -0.1) is 0 Å². The molecule has 0 spiro atoms. The number of nitrogens with zero attached hydrogens (tertiary/aromatic N) is 2. The lowest BCUT2D eigenvalue weighted by molar-refractivity contribution is 0.0729. The zero-order valence-corrected chi connectivity index (χ0v) is 13.3. The van der Waals surface area contributed by atoms with E-state index in [2.05, 4.69) is 4.98 Å². The van der Waals surface area contributed by atoms with Crippen molar-refractivity contribution in [1.29, 1.82) is 5.26 Å². The molecule has 2 aromatic rings. The molecule has 2 heterocycles. The van der Waals surface area contributed by atoms with Gasteiger partial charge in [0.15, 0.2) is 0 Å². The van der Waals surface area contributed by atoms with E-state index in [1.165, 1.54) is 0 Å². The number of nitriles is 1. The Kier molecular flexibility index (Phi) is 4.34. The van der Waals surface area contributed by atoms with Crippen LogP contribution in [0.25, 0.3) is 0 Å². The summed E-state index contributed by atoms with van der Waals surface area (Å²) in [5.41, 5.74) is 1.81. The lowest BCUT2D eigenvalue weighted by Crippen LogP contribution is -2.37. The number of H-pyrrole nitrogens is 1. The molecule has 1 N–H and O–H groups in total. The van der Waals surface area contributed by atoms with Crippen LogP contribution in [0.3, 0.4) is 0 Å². The minimum atomic E-state index is -0.377. The molecule has 0 unspecified atom stereocenters. The molecule has 1 aromatic carbocycles. The average molecular weight is 323 g/mol. The Morgan fingerprint density at radius 3 is 2.96 bits per heavy atom. The van der Waals surface area contributed by atoms with Crippen LogP contribution >= 0.6 is 0 Å². The van der Waals surface area contributed by atoms with Crippen molar-refractivity contribution in [2.24, 2.45) is 0 Å². The second-order valence-electron chi connectivity index (χ2n) is 5.53. The Bertz CT molecular complexity index is 880. The van der Waals surface area contributed by atoms with E-state index >= 15 is 0 Å². The molecule has 0 bridgehead atoms. The third-order valence-electron chi connectivity index (χ3n) is 4.03. The first-order valence-electron chi connectivity index (χ1n) is 7.80. The summed E-state index contributed by atoms with van der Waals surface area (Å²) in [6.45, 7) is 3.23. The highest BCUT2D eigenvalue weighted by atomic mass is 16.5. The molecule has 1 aromatic heterocycles. The van der Waals surface area contributed by atoms with E-state index in [1.54, 1.807) is 29.2 Å². The van der Waals surface area contributed by atoms with E-state index in [0.29, 0.717) is 37.4 Å². The van der Waals surface area contributed by atoms with Gasteiger partial charge in [-0.25, -0.2) is 0 Å². The maximum atomic E-state index is 12.8. The van der Waals surface area contributed by atoms with Crippen molar-refractivity contribution in [2.75, 3.05) is 13.2 Å². The lowest BCUT2D eigenvalue weighted by Gasteiger charge is -2.29. The number of fused-ring (bicyclic) bond motifs is 1. The molecule has 1 amide bonds. The van der Waals surface area contributed by atoms with Gasteiger partial charge in [-0.05, 0) is 30.7 Å². The Labute approximate surface area is 139 Å². The first-order chi connectivity index (χ1) is 11.6. The largest absolute Gasteiger partial charge is 0.493 e. The molecular weight excluding hydrogens is 306 g/mol. The van der Waals surface area contributed by atoms with Crippen LogP contribution in [0.15, 0.2) is 35.1 Å². The highest BCUT2D eigenvalue weighted by Gasteiger charge is 2.25. The Hall–Kier alpha value is -3.07. The van der Waals surface area contributed by atoms with Crippen LogP contribution in [0.1, 0.15) is 34.1 Å². The van der Waals surface area contributed by atoms with Gasteiger partial charge < -0.3 is 14.6 Å². The van der Waals surface area contributed by atoms with E-state index in [4.69, 9.17) is 10.00 Å². The summed E-state index contributed by atoms with van der Waals surface area (Å²) in [6, 6.07) is 10.6. The summed E-state index contributed by atoms with van der Waals surface area (Å²) in [4.78, 5) is 29.0. The average Bonchev–Trinajstić information content (AvgIpc) is 2.61. The smallest absolute Gasteiger partial charge is 0.266 e. The van der Waals surface area contributed by atoms with Gasteiger partial charge in [-0.1, -0.05) is 12.1 Å². The second kappa shape index (κ2) is 6.59. The molecular formula is C18H17N3O3. The van der Waals surface area contributed by atoms with Gasteiger partial charge in [0.2, 0.25) is 0 Å². The molecule has 6 nitrogen and oxygen atoms in total. The van der Waals surface area contributed by atoms with Crippen molar-refractivity contribution in [3.63, 3.8) is 0 Å². The van der Waals surface area contributed by atoms with E-state index in [1.807, 2.05) is 19.1 Å². The molecule has 0 aliphatic carbocycles. The van der Waals surface area contributed by atoms with Crippen LogP contribution < -0.4 is 10.3 Å². The van der Waals surface area contributed by atoms with Crippen LogP contribution in [0, 0.1) is 11.3 Å². The first kappa shape index (κ1) is 15.8. The number of hydrogen-bond donors (Lipinski definition) is 1. The number of para-hydroxylation sites is 1. The zero-order chi connectivity index (χ0) is 17.1. The quantitative estimate of drug-likeness (QED) is 0.934. The first-order valence-corrected chi connectivity index (χ1v) is 7.80. The summed E-state index contributed by atoms with van der Waals surface area (Å²) >= 11 is 0. The van der Waals surface area contributed by atoms with E-state index in [0.717, 1.165) is 11.3 Å². The van der Waals surface area contributed by atoms with Crippen molar-refractivity contribution in [1.82, 2.24) is 9.88 Å². The lowest BCUT2D eigenvalue weighted by atomic mass is 10.0. The number of aromatic amines is 1. The maximum Gasteiger partial charge on any atom is 0.266 e. The Morgan fingerprint density at radius 1 is 1.42 bits per heavy atom. The predicted molar refractivity (Wildman–Crippen MR) is 87.8 cm³/mol. The molecule has 0 atom stereocenters. The molecule has 0 fully saturated rings. The fourth-order valence-corrected chi connectivity index (χ4v) is 2.86. The SMILES string of the molecule is CCOc1ccccc1C(=O)N1CCc2[nH]c(=O)c(C#N)cc2C1. The van der Waals surface area contributed by atoms with E-state index < -0.39 is 0 Å². The zero-order valence-electron chi connectivity index (χ0n) is 13.3. The van der Waals surface area contributed by atoms with Gasteiger partial charge in [0.1, 0.15) is 17.4 Å². The van der Waals surface area contributed by atoms with Gasteiger partial charge in [0.25, 0.3) is 11.5 Å². The summed E-state index contributed by atoms with van der Waals surface area (Å²) in [6.07, 6.45) is 0.554. The van der Waals surface area contributed by atoms with Gasteiger partial charge in [-0.2, -0.15) is 5.26 Å². The van der Waals surface area contributed by atoms with Crippen molar-refractivity contribution >= 4 is 5.91 Å². The molecule has 3 rings (SSSR count). The number of rotatable bonds is 3. The fraction of sp³-hybridized carbons (Fsp3) is 0.278. The van der Waals surface area contributed by atoms with E-state index in [-0.39, 0.29) is 17.0 Å². The third-order valence-corrected chi connectivity index (χ3v) is 4.03. The monoisotopic (exact) mass is 323 g/mol. The number of hydrogen-bond acceptors (Lipinski definition) is 4. The van der Waals surface area contributed by atoms with Crippen LogP contribution in [0.2, 0.25) is 0 Å². The number of nitrogens with one attached hydrogen (secondary N) is 1. The number of amides is 1. The molecule has 1 aliphatic rings. The summed E-state index contributed by atoms with van der Waals surface area (Å²) < 4.78 is 5.53. The number of pyridine rings is 1. The van der Waals surface area contributed by atoms with Gasteiger partial charge in [0.05, 0.1) is 12.2 Å². The minimum absolute atomic E-state index is 0.0674.